The summed E-state index contributed by atoms with van der Waals surface area (Å²) in [6.45, 7) is 3.14. The molecule has 0 aromatic heterocycles. The summed E-state index contributed by atoms with van der Waals surface area (Å²) >= 11 is 0. The summed E-state index contributed by atoms with van der Waals surface area (Å²) in [5, 5.41) is 10.6. The number of carbonyl (C=O) groups excluding carboxylic acids is 1. The van der Waals surface area contributed by atoms with Crippen molar-refractivity contribution in [3.05, 3.63) is 90.0 Å². The van der Waals surface area contributed by atoms with Gasteiger partial charge in [0.25, 0.3) is 0 Å². The molecule has 1 fully saturated rings. The zero-order valence-corrected chi connectivity index (χ0v) is 18.5. The molecular weight excluding hydrogens is 400 g/mol. The molecule has 166 valence electrons. The van der Waals surface area contributed by atoms with Crippen LogP contribution in [0.2, 0.25) is 0 Å². The summed E-state index contributed by atoms with van der Waals surface area (Å²) in [6, 6.07) is 25.7. The highest BCUT2D eigenvalue weighted by atomic mass is 16.5. The number of ether oxygens (including phenoxy) is 1. The number of piperazine rings is 1. The minimum Gasteiger partial charge on any atom is -0.508 e. The predicted octanol–water partition coefficient (Wildman–Crippen LogP) is 4.66. The molecule has 0 radical (unpaired) electrons. The van der Waals surface area contributed by atoms with Crippen molar-refractivity contribution in [2.45, 2.75) is 18.8 Å². The highest BCUT2D eigenvalue weighted by Crippen LogP contribution is 2.37. The van der Waals surface area contributed by atoms with Crippen LogP contribution in [0.4, 0.5) is 5.69 Å². The Bertz CT molecular complexity index is 1020. The summed E-state index contributed by atoms with van der Waals surface area (Å²) in [7, 11) is 1.62. The van der Waals surface area contributed by atoms with Gasteiger partial charge in [0, 0.05) is 49.8 Å². The fourth-order valence-electron chi connectivity index (χ4n) is 4.40. The maximum absolute atomic E-state index is 13.0. The van der Waals surface area contributed by atoms with Gasteiger partial charge in [0.1, 0.15) is 11.5 Å². The van der Waals surface area contributed by atoms with Crippen LogP contribution in [0.1, 0.15) is 29.9 Å². The number of hydrogen-bond acceptors (Lipinski definition) is 4. The van der Waals surface area contributed by atoms with Crippen molar-refractivity contribution < 1.29 is 14.6 Å². The quantitative estimate of drug-likeness (QED) is 0.592. The lowest BCUT2D eigenvalue weighted by atomic mass is 9.86. The van der Waals surface area contributed by atoms with Crippen LogP contribution in [0.5, 0.6) is 11.5 Å². The average molecular weight is 431 g/mol. The maximum atomic E-state index is 13.0. The van der Waals surface area contributed by atoms with E-state index in [1.54, 1.807) is 19.2 Å². The third-order valence-corrected chi connectivity index (χ3v) is 6.21. The molecule has 1 aliphatic heterocycles. The van der Waals surface area contributed by atoms with Crippen molar-refractivity contribution in [2.24, 2.45) is 0 Å². The zero-order valence-electron chi connectivity index (χ0n) is 18.5. The van der Waals surface area contributed by atoms with Gasteiger partial charge in [0.15, 0.2) is 0 Å². The molecule has 0 bridgehead atoms. The van der Waals surface area contributed by atoms with Crippen LogP contribution in [0, 0.1) is 0 Å². The number of hydrogen-bond donors (Lipinski definition) is 1. The molecule has 1 saturated heterocycles. The number of phenolic OH excluding ortho intramolecular Hbond substituents is 1. The molecule has 1 unspecified atom stereocenters. The van der Waals surface area contributed by atoms with Crippen molar-refractivity contribution in [3.63, 3.8) is 0 Å². The Morgan fingerprint density at radius 2 is 1.59 bits per heavy atom. The summed E-state index contributed by atoms with van der Waals surface area (Å²) in [6.07, 6.45) is 1.06. The van der Waals surface area contributed by atoms with Gasteiger partial charge >= 0.3 is 0 Å². The summed E-state index contributed by atoms with van der Waals surface area (Å²) in [4.78, 5) is 17.3. The average Bonchev–Trinajstić information content (AvgIpc) is 2.86. The Hall–Kier alpha value is -3.47. The molecule has 3 aromatic rings. The monoisotopic (exact) mass is 430 g/mol. The van der Waals surface area contributed by atoms with Crippen LogP contribution in [0.25, 0.3) is 0 Å². The van der Waals surface area contributed by atoms with Gasteiger partial charge in [0.05, 0.1) is 7.11 Å². The van der Waals surface area contributed by atoms with Gasteiger partial charge in [-0.25, -0.2) is 0 Å². The highest BCUT2D eigenvalue weighted by Gasteiger charge is 2.24. The van der Waals surface area contributed by atoms with Gasteiger partial charge in [-0.05, 0) is 42.3 Å². The summed E-state index contributed by atoms with van der Waals surface area (Å²) in [5.41, 5.74) is 3.08. The van der Waals surface area contributed by atoms with Crippen molar-refractivity contribution in [1.29, 1.82) is 0 Å². The lowest BCUT2D eigenvalue weighted by Gasteiger charge is -2.36. The number of rotatable bonds is 7. The first-order valence-corrected chi connectivity index (χ1v) is 11.2. The van der Waals surface area contributed by atoms with E-state index >= 15 is 0 Å². The Morgan fingerprint density at radius 1 is 0.938 bits per heavy atom. The van der Waals surface area contributed by atoms with Gasteiger partial charge in [-0.1, -0.05) is 48.5 Å². The number of anilines is 1. The predicted molar refractivity (Wildman–Crippen MR) is 127 cm³/mol. The SMILES string of the molecule is COc1ccc(O)c(C(CCC(=O)N2CCN(c3ccccc3)CC2)c2ccccc2)c1. The lowest BCUT2D eigenvalue weighted by Crippen LogP contribution is -2.48. The minimum atomic E-state index is -0.0825. The lowest BCUT2D eigenvalue weighted by molar-refractivity contribution is -0.131. The molecule has 4 rings (SSSR count). The van der Waals surface area contributed by atoms with Crippen LogP contribution in [0.15, 0.2) is 78.9 Å². The second-order valence-electron chi connectivity index (χ2n) is 8.13. The molecule has 1 heterocycles. The number of methoxy groups -OCH3 is 1. The van der Waals surface area contributed by atoms with Gasteiger partial charge in [-0.3, -0.25) is 4.79 Å². The van der Waals surface area contributed by atoms with Crippen molar-refractivity contribution in [2.75, 3.05) is 38.2 Å². The molecular formula is C27H30N2O3. The Morgan fingerprint density at radius 3 is 2.25 bits per heavy atom. The molecule has 1 amide bonds. The number of carbonyl (C=O) groups is 1. The van der Waals surface area contributed by atoms with Crippen LogP contribution < -0.4 is 9.64 Å². The Kier molecular flexibility index (Phi) is 6.95. The molecule has 3 aromatic carbocycles. The number of para-hydroxylation sites is 1. The van der Waals surface area contributed by atoms with E-state index in [1.165, 1.54) is 5.69 Å². The third kappa shape index (κ3) is 5.05. The largest absolute Gasteiger partial charge is 0.508 e. The summed E-state index contributed by atoms with van der Waals surface area (Å²) < 4.78 is 5.37. The van der Waals surface area contributed by atoms with Crippen LogP contribution in [-0.2, 0) is 4.79 Å². The van der Waals surface area contributed by atoms with Crippen molar-refractivity contribution in [3.8, 4) is 11.5 Å². The molecule has 32 heavy (non-hydrogen) atoms. The van der Waals surface area contributed by atoms with E-state index < -0.39 is 0 Å². The first-order valence-electron chi connectivity index (χ1n) is 11.2. The second kappa shape index (κ2) is 10.2. The number of nitrogens with zero attached hydrogens (tertiary/aromatic N) is 2. The minimum absolute atomic E-state index is 0.0825. The van der Waals surface area contributed by atoms with E-state index in [4.69, 9.17) is 4.74 Å². The number of benzene rings is 3. The second-order valence-corrected chi connectivity index (χ2v) is 8.13. The Balaban J connectivity index is 1.43. The van der Waals surface area contributed by atoms with Crippen LogP contribution >= 0.6 is 0 Å². The van der Waals surface area contributed by atoms with Gasteiger partial charge in [-0.15, -0.1) is 0 Å². The molecule has 0 aliphatic carbocycles. The molecule has 1 aliphatic rings. The van der Waals surface area contributed by atoms with E-state index in [9.17, 15) is 9.90 Å². The molecule has 1 N–H and O–H groups in total. The van der Waals surface area contributed by atoms with Crippen molar-refractivity contribution in [1.82, 2.24) is 4.90 Å². The first kappa shape index (κ1) is 21.8. The van der Waals surface area contributed by atoms with Crippen LogP contribution in [0.3, 0.4) is 0 Å². The Labute approximate surface area is 189 Å². The molecule has 5 heteroatoms. The third-order valence-electron chi connectivity index (χ3n) is 6.21. The number of amides is 1. The smallest absolute Gasteiger partial charge is 0.222 e. The van der Waals surface area contributed by atoms with E-state index in [1.807, 2.05) is 59.5 Å². The van der Waals surface area contributed by atoms with E-state index in [2.05, 4.69) is 17.0 Å². The molecule has 0 spiro atoms. The topological polar surface area (TPSA) is 53.0 Å². The van der Waals surface area contributed by atoms with Gasteiger partial charge in [0.2, 0.25) is 5.91 Å². The molecule has 5 nitrogen and oxygen atoms in total. The van der Waals surface area contributed by atoms with E-state index in [0.29, 0.717) is 18.6 Å². The summed E-state index contributed by atoms with van der Waals surface area (Å²) in [5.74, 6) is 1.01. The zero-order chi connectivity index (χ0) is 22.3. The first-order chi connectivity index (χ1) is 15.7. The van der Waals surface area contributed by atoms with Gasteiger partial charge in [-0.2, -0.15) is 0 Å². The molecule has 1 atom stereocenters. The number of phenols is 1. The fourth-order valence-corrected chi connectivity index (χ4v) is 4.40. The van der Waals surface area contributed by atoms with Crippen molar-refractivity contribution >= 4 is 11.6 Å². The number of aromatic hydroxyl groups is 1. The fraction of sp³-hybridized carbons (Fsp3) is 0.296. The highest BCUT2D eigenvalue weighted by molar-refractivity contribution is 5.76. The van der Waals surface area contributed by atoms with E-state index in [0.717, 1.165) is 37.3 Å². The standard InChI is InChI=1S/C27H30N2O3/c1-32-23-12-14-26(30)25(20-23)24(21-8-4-2-5-9-21)13-15-27(31)29-18-16-28(17-19-29)22-10-6-3-7-11-22/h2-12,14,20,24,30H,13,15-19H2,1H3. The maximum Gasteiger partial charge on any atom is 0.222 e. The van der Waals surface area contributed by atoms with Crippen LogP contribution in [-0.4, -0.2) is 49.2 Å². The van der Waals surface area contributed by atoms with E-state index in [-0.39, 0.29) is 17.6 Å². The molecule has 0 saturated carbocycles. The normalized spacial score (nSPS) is 14.8. The van der Waals surface area contributed by atoms with Gasteiger partial charge < -0.3 is 19.6 Å².